The Labute approximate surface area is 155 Å². The number of hydrogen-bond acceptors (Lipinski definition) is 3. The first-order chi connectivity index (χ1) is 11.7. The summed E-state index contributed by atoms with van der Waals surface area (Å²) in [7, 11) is 1.92. The highest BCUT2D eigenvalue weighted by atomic mass is 35.5. The van der Waals surface area contributed by atoms with E-state index in [1.165, 1.54) is 11.3 Å². The van der Waals surface area contributed by atoms with Gasteiger partial charge in [0.25, 0.3) is 5.91 Å². The van der Waals surface area contributed by atoms with Gasteiger partial charge in [-0.05, 0) is 64.8 Å². The van der Waals surface area contributed by atoms with E-state index in [4.69, 9.17) is 0 Å². The number of amides is 1. The van der Waals surface area contributed by atoms with Crippen LogP contribution in [0.2, 0.25) is 0 Å². The molecule has 1 aromatic carbocycles. The zero-order valence-electron chi connectivity index (χ0n) is 15.0. The van der Waals surface area contributed by atoms with Gasteiger partial charge in [-0.15, -0.1) is 12.4 Å². The average molecular weight is 363 g/mol. The fourth-order valence-electron chi connectivity index (χ4n) is 3.23. The lowest BCUT2D eigenvalue weighted by atomic mass is 9.95. The smallest absolute Gasteiger partial charge is 0.272 e. The molecular weight excluding hydrogens is 336 g/mol. The molecule has 1 aliphatic carbocycles. The van der Waals surface area contributed by atoms with Crippen LogP contribution in [0.5, 0.6) is 0 Å². The first-order valence-corrected chi connectivity index (χ1v) is 8.81. The maximum Gasteiger partial charge on any atom is 0.272 e. The molecule has 0 saturated heterocycles. The Morgan fingerprint density at radius 2 is 1.88 bits per heavy atom. The van der Waals surface area contributed by atoms with Crippen LogP contribution in [-0.4, -0.2) is 35.8 Å². The SMILES string of the molecule is CNCCCNC(=O)c1nn(-c2ccc(C)cc2)c2c1CCCC2.Cl. The minimum atomic E-state index is -0.0462. The Hall–Kier alpha value is -1.85. The summed E-state index contributed by atoms with van der Waals surface area (Å²) in [6.45, 7) is 3.65. The fraction of sp³-hybridized carbons (Fsp3) is 0.474. The van der Waals surface area contributed by atoms with Crippen LogP contribution in [0.25, 0.3) is 5.69 Å². The van der Waals surface area contributed by atoms with Gasteiger partial charge in [0, 0.05) is 17.8 Å². The Bertz CT molecular complexity index is 709. The summed E-state index contributed by atoms with van der Waals surface area (Å²) in [5, 5.41) is 10.8. The van der Waals surface area contributed by atoms with Crippen molar-refractivity contribution in [3.8, 4) is 5.69 Å². The van der Waals surface area contributed by atoms with Gasteiger partial charge in [-0.25, -0.2) is 4.68 Å². The third-order valence-electron chi connectivity index (χ3n) is 4.56. The highest BCUT2D eigenvalue weighted by Gasteiger charge is 2.25. The standard InChI is InChI=1S/C19H26N4O.ClH/c1-14-8-10-15(11-9-14)23-17-7-4-3-6-16(17)18(22-23)19(24)21-13-5-12-20-2;/h8-11,20H,3-7,12-13H2,1-2H3,(H,21,24);1H. The van der Waals surface area contributed by atoms with Gasteiger partial charge in [0.1, 0.15) is 0 Å². The third-order valence-corrected chi connectivity index (χ3v) is 4.56. The van der Waals surface area contributed by atoms with Gasteiger partial charge < -0.3 is 10.6 Å². The number of nitrogens with one attached hydrogen (secondary N) is 2. The van der Waals surface area contributed by atoms with Crippen molar-refractivity contribution in [3.05, 3.63) is 46.8 Å². The molecule has 1 amide bonds. The molecule has 0 fully saturated rings. The molecule has 0 aliphatic heterocycles. The number of halogens is 1. The van der Waals surface area contributed by atoms with E-state index in [0.29, 0.717) is 12.2 Å². The summed E-state index contributed by atoms with van der Waals surface area (Å²) in [4.78, 5) is 12.6. The monoisotopic (exact) mass is 362 g/mol. The van der Waals surface area contributed by atoms with Crippen molar-refractivity contribution in [2.24, 2.45) is 0 Å². The highest BCUT2D eigenvalue weighted by Crippen LogP contribution is 2.27. The minimum absolute atomic E-state index is 0. The van der Waals surface area contributed by atoms with E-state index in [-0.39, 0.29) is 18.3 Å². The van der Waals surface area contributed by atoms with Crippen LogP contribution in [0.4, 0.5) is 0 Å². The molecule has 0 unspecified atom stereocenters. The third kappa shape index (κ3) is 4.41. The lowest BCUT2D eigenvalue weighted by Crippen LogP contribution is -2.28. The molecule has 5 nitrogen and oxygen atoms in total. The van der Waals surface area contributed by atoms with Crippen molar-refractivity contribution < 1.29 is 4.79 Å². The van der Waals surface area contributed by atoms with E-state index in [0.717, 1.165) is 49.9 Å². The van der Waals surface area contributed by atoms with Crippen molar-refractivity contribution >= 4 is 18.3 Å². The van der Waals surface area contributed by atoms with Gasteiger partial charge in [-0.2, -0.15) is 5.10 Å². The van der Waals surface area contributed by atoms with Gasteiger partial charge in [0.15, 0.2) is 5.69 Å². The van der Waals surface area contributed by atoms with Gasteiger partial charge >= 0.3 is 0 Å². The molecule has 0 radical (unpaired) electrons. The molecule has 1 heterocycles. The molecule has 0 bridgehead atoms. The summed E-state index contributed by atoms with van der Waals surface area (Å²) < 4.78 is 1.97. The second-order valence-electron chi connectivity index (χ2n) is 6.44. The number of fused-ring (bicyclic) bond motifs is 1. The molecule has 3 rings (SSSR count). The van der Waals surface area contributed by atoms with Crippen molar-refractivity contribution in [1.29, 1.82) is 0 Å². The number of carbonyl (C=O) groups is 1. The van der Waals surface area contributed by atoms with Crippen LogP contribution in [0.15, 0.2) is 24.3 Å². The molecule has 136 valence electrons. The summed E-state index contributed by atoms with van der Waals surface area (Å²) in [5.74, 6) is -0.0462. The Balaban J connectivity index is 0.00000225. The van der Waals surface area contributed by atoms with Gasteiger partial charge in [0.05, 0.1) is 5.69 Å². The lowest BCUT2D eigenvalue weighted by molar-refractivity contribution is 0.0947. The van der Waals surface area contributed by atoms with Crippen molar-refractivity contribution in [2.75, 3.05) is 20.1 Å². The molecule has 2 N–H and O–H groups in total. The second-order valence-corrected chi connectivity index (χ2v) is 6.44. The van der Waals surface area contributed by atoms with Crippen molar-refractivity contribution in [3.63, 3.8) is 0 Å². The largest absolute Gasteiger partial charge is 0.351 e. The molecule has 25 heavy (non-hydrogen) atoms. The number of nitrogens with zero attached hydrogens (tertiary/aromatic N) is 2. The summed E-state index contributed by atoms with van der Waals surface area (Å²) in [6, 6.07) is 8.32. The van der Waals surface area contributed by atoms with E-state index in [1.54, 1.807) is 0 Å². The van der Waals surface area contributed by atoms with Crippen LogP contribution < -0.4 is 10.6 Å². The number of carbonyl (C=O) groups excluding carboxylic acids is 1. The number of rotatable bonds is 6. The molecule has 6 heteroatoms. The maximum absolute atomic E-state index is 12.6. The van der Waals surface area contributed by atoms with E-state index >= 15 is 0 Å². The molecule has 1 aliphatic rings. The van der Waals surface area contributed by atoms with Crippen LogP contribution in [0.3, 0.4) is 0 Å². The van der Waals surface area contributed by atoms with E-state index < -0.39 is 0 Å². The van der Waals surface area contributed by atoms with Crippen LogP contribution in [-0.2, 0) is 12.8 Å². The summed E-state index contributed by atoms with van der Waals surface area (Å²) in [5.41, 5.74) is 5.20. The number of benzene rings is 1. The lowest BCUT2D eigenvalue weighted by Gasteiger charge is -2.14. The van der Waals surface area contributed by atoms with E-state index in [9.17, 15) is 4.79 Å². The summed E-state index contributed by atoms with van der Waals surface area (Å²) >= 11 is 0. The number of aromatic nitrogens is 2. The van der Waals surface area contributed by atoms with Crippen molar-refractivity contribution in [1.82, 2.24) is 20.4 Å². The highest BCUT2D eigenvalue weighted by molar-refractivity contribution is 5.94. The van der Waals surface area contributed by atoms with E-state index in [1.807, 2.05) is 11.7 Å². The van der Waals surface area contributed by atoms with Gasteiger partial charge in [0.2, 0.25) is 0 Å². The average Bonchev–Trinajstić information content (AvgIpc) is 2.99. The van der Waals surface area contributed by atoms with Gasteiger partial charge in [-0.3, -0.25) is 4.79 Å². The fourth-order valence-corrected chi connectivity index (χ4v) is 3.23. The molecule has 0 atom stereocenters. The zero-order chi connectivity index (χ0) is 16.9. The predicted octanol–water partition coefficient (Wildman–Crippen LogP) is 2.82. The first kappa shape index (κ1) is 19.5. The Morgan fingerprint density at radius 1 is 1.16 bits per heavy atom. The molecule has 0 saturated carbocycles. The zero-order valence-corrected chi connectivity index (χ0v) is 15.8. The quantitative estimate of drug-likeness (QED) is 0.777. The molecule has 2 aromatic rings. The minimum Gasteiger partial charge on any atom is -0.351 e. The van der Waals surface area contributed by atoms with Crippen LogP contribution in [0.1, 0.15) is 46.6 Å². The molecule has 0 spiro atoms. The molecular formula is C19H27ClN4O. The molecule has 1 aromatic heterocycles. The van der Waals surface area contributed by atoms with Crippen molar-refractivity contribution in [2.45, 2.75) is 39.0 Å². The van der Waals surface area contributed by atoms with E-state index in [2.05, 4.69) is 46.9 Å². The van der Waals surface area contributed by atoms with Crippen LogP contribution >= 0.6 is 12.4 Å². The maximum atomic E-state index is 12.6. The second kappa shape index (κ2) is 9.02. The summed E-state index contributed by atoms with van der Waals surface area (Å²) in [6.07, 6.45) is 5.15. The Kier molecular flexibility index (Phi) is 7.02. The topological polar surface area (TPSA) is 58.9 Å². The van der Waals surface area contributed by atoms with Gasteiger partial charge in [-0.1, -0.05) is 17.7 Å². The number of aryl methyl sites for hydroxylation is 1. The number of hydrogen-bond donors (Lipinski definition) is 2. The first-order valence-electron chi connectivity index (χ1n) is 8.81. The van der Waals surface area contributed by atoms with Crippen LogP contribution in [0, 0.1) is 6.92 Å². The predicted molar refractivity (Wildman–Crippen MR) is 103 cm³/mol. The normalized spacial score (nSPS) is 13.0. The Morgan fingerprint density at radius 3 is 2.60 bits per heavy atom.